The van der Waals surface area contributed by atoms with E-state index in [1.165, 1.54) is 12.2 Å². The molecule has 0 aliphatic carbocycles. The van der Waals surface area contributed by atoms with E-state index in [1.807, 2.05) is 0 Å². The van der Waals surface area contributed by atoms with E-state index in [1.54, 1.807) is 4.90 Å². The molecule has 0 aromatic rings. The average molecular weight is 244 g/mol. The molecule has 0 saturated carbocycles. The van der Waals surface area contributed by atoms with Crippen LogP contribution in [-0.2, 0) is 4.79 Å². The average Bonchev–Trinajstić information content (AvgIpc) is 2.26. The summed E-state index contributed by atoms with van der Waals surface area (Å²) in [4.78, 5) is 13.6. The SMILES string of the molecule is CC1CCN(C(=O)/C(N)=C/C=C(\N)Cl)CC1. The maximum Gasteiger partial charge on any atom is 0.269 e. The maximum absolute atomic E-state index is 11.8. The number of piperidine rings is 1. The second-order valence-corrected chi connectivity index (χ2v) is 4.58. The quantitative estimate of drug-likeness (QED) is 0.434. The van der Waals surface area contributed by atoms with E-state index >= 15 is 0 Å². The van der Waals surface area contributed by atoms with Crippen molar-refractivity contribution in [1.82, 2.24) is 4.90 Å². The Labute approximate surface area is 101 Å². The minimum absolute atomic E-state index is 0.114. The van der Waals surface area contributed by atoms with Crippen molar-refractivity contribution in [2.75, 3.05) is 13.1 Å². The number of rotatable bonds is 2. The summed E-state index contributed by atoms with van der Waals surface area (Å²) >= 11 is 5.45. The van der Waals surface area contributed by atoms with Crippen LogP contribution in [0, 0.1) is 5.92 Å². The molecule has 90 valence electrons. The molecule has 1 rings (SSSR count). The van der Waals surface area contributed by atoms with Crippen LogP contribution in [0.25, 0.3) is 0 Å². The van der Waals surface area contributed by atoms with E-state index in [4.69, 9.17) is 23.1 Å². The Morgan fingerprint density at radius 2 is 1.88 bits per heavy atom. The first-order chi connectivity index (χ1) is 7.50. The molecule has 0 aromatic heterocycles. The Bertz CT molecular complexity index is 313. The van der Waals surface area contributed by atoms with Crippen LogP contribution in [0.4, 0.5) is 0 Å². The summed E-state index contributed by atoms with van der Waals surface area (Å²) in [6.45, 7) is 3.74. The summed E-state index contributed by atoms with van der Waals surface area (Å²) in [6.07, 6.45) is 4.93. The van der Waals surface area contributed by atoms with Gasteiger partial charge in [0, 0.05) is 13.1 Å². The molecule has 1 heterocycles. The number of amides is 1. The Hall–Kier alpha value is -1.16. The highest BCUT2D eigenvalue weighted by molar-refractivity contribution is 6.29. The summed E-state index contributed by atoms with van der Waals surface area (Å²) in [5, 5.41) is 0.114. The molecule has 0 radical (unpaired) electrons. The molecule has 0 spiro atoms. The third-order valence-electron chi connectivity index (χ3n) is 2.74. The molecule has 0 atom stereocenters. The Morgan fingerprint density at radius 1 is 1.31 bits per heavy atom. The molecule has 1 aliphatic heterocycles. The number of carbonyl (C=O) groups excluding carboxylic acids is 1. The van der Waals surface area contributed by atoms with Crippen LogP contribution in [0.3, 0.4) is 0 Å². The highest BCUT2D eigenvalue weighted by Gasteiger charge is 2.21. The first-order valence-corrected chi connectivity index (χ1v) is 5.76. The summed E-state index contributed by atoms with van der Waals surface area (Å²) in [5.74, 6) is 0.550. The minimum Gasteiger partial charge on any atom is -0.394 e. The van der Waals surface area contributed by atoms with Crippen molar-refractivity contribution in [2.24, 2.45) is 17.4 Å². The van der Waals surface area contributed by atoms with Crippen LogP contribution in [0.15, 0.2) is 23.0 Å². The molecule has 0 unspecified atom stereocenters. The monoisotopic (exact) mass is 243 g/mol. The van der Waals surface area contributed by atoms with Crippen LogP contribution >= 0.6 is 11.6 Å². The van der Waals surface area contributed by atoms with Crippen molar-refractivity contribution >= 4 is 17.5 Å². The summed E-state index contributed by atoms with van der Waals surface area (Å²) in [5.41, 5.74) is 11.1. The fraction of sp³-hybridized carbons (Fsp3) is 0.545. The molecule has 16 heavy (non-hydrogen) atoms. The predicted octanol–water partition coefficient (Wildman–Crippen LogP) is 1.13. The van der Waals surface area contributed by atoms with Crippen molar-refractivity contribution in [3.05, 3.63) is 23.0 Å². The predicted molar refractivity (Wildman–Crippen MR) is 65.4 cm³/mol. The largest absolute Gasteiger partial charge is 0.394 e. The van der Waals surface area contributed by atoms with Gasteiger partial charge in [-0.2, -0.15) is 0 Å². The molecular weight excluding hydrogens is 226 g/mol. The lowest BCUT2D eigenvalue weighted by molar-refractivity contribution is -0.128. The fourth-order valence-electron chi connectivity index (χ4n) is 1.63. The molecular formula is C11H18ClN3O. The number of allylic oxidation sites excluding steroid dienone is 2. The van der Waals surface area contributed by atoms with Gasteiger partial charge in [0.2, 0.25) is 0 Å². The number of halogens is 1. The van der Waals surface area contributed by atoms with E-state index in [2.05, 4.69) is 6.92 Å². The Balaban J connectivity index is 2.57. The van der Waals surface area contributed by atoms with Crippen molar-refractivity contribution in [3.63, 3.8) is 0 Å². The summed E-state index contributed by atoms with van der Waals surface area (Å²) in [7, 11) is 0. The van der Waals surface area contributed by atoms with Gasteiger partial charge in [0.15, 0.2) is 0 Å². The van der Waals surface area contributed by atoms with E-state index in [0.29, 0.717) is 5.92 Å². The Kier molecular flexibility index (Phi) is 4.68. The molecule has 1 fully saturated rings. The second-order valence-electron chi connectivity index (χ2n) is 4.15. The van der Waals surface area contributed by atoms with Crippen LogP contribution < -0.4 is 11.5 Å². The van der Waals surface area contributed by atoms with E-state index < -0.39 is 0 Å². The molecule has 4 nitrogen and oxygen atoms in total. The van der Waals surface area contributed by atoms with Crippen LogP contribution in [0.1, 0.15) is 19.8 Å². The minimum atomic E-state index is -0.138. The number of nitrogens with zero attached hydrogens (tertiary/aromatic N) is 1. The maximum atomic E-state index is 11.8. The highest BCUT2D eigenvalue weighted by atomic mass is 35.5. The standard InChI is InChI=1S/C11H18ClN3O/c1-8-4-6-15(7-5-8)11(16)9(13)2-3-10(12)14/h2-3,8H,4-7,13-14H2,1H3/b9-2-,10-3-. The molecule has 5 heteroatoms. The zero-order chi connectivity index (χ0) is 12.1. The number of hydrogen-bond acceptors (Lipinski definition) is 3. The van der Waals surface area contributed by atoms with Gasteiger partial charge in [0.05, 0.1) is 10.9 Å². The highest BCUT2D eigenvalue weighted by Crippen LogP contribution is 2.16. The van der Waals surface area contributed by atoms with Crippen molar-refractivity contribution in [1.29, 1.82) is 0 Å². The normalized spacial score (nSPS) is 20.0. The second kappa shape index (κ2) is 5.80. The van der Waals surface area contributed by atoms with E-state index in [-0.39, 0.29) is 16.8 Å². The van der Waals surface area contributed by atoms with Crippen LogP contribution in [-0.4, -0.2) is 23.9 Å². The molecule has 1 saturated heterocycles. The first kappa shape index (κ1) is 12.9. The number of likely N-dealkylation sites (tertiary alicyclic amines) is 1. The van der Waals surface area contributed by atoms with Crippen molar-refractivity contribution in [2.45, 2.75) is 19.8 Å². The molecule has 0 aromatic carbocycles. The smallest absolute Gasteiger partial charge is 0.269 e. The van der Waals surface area contributed by atoms with Gasteiger partial charge in [-0.3, -0.25) is 4.79 Å². The molecule has 1 amide bonds. The third kappa shape index (κ3) is 3.77. The number of nitrogens with two attached hydrogens (primary N) is 2. The van der Waals surface area contributed by atoms with Gasteiger partial charge in [0.1, 0.15) is 0 Å². The molecule has 1 aliphatic rings. The van der Waals surface area contributed by atoms with Crippen molar-refractivity contribution < 1.29 is 4.79 Å². The Morgan fingerprint density at radius 3 is 2.38 bits per heavy atom. The van der Waals surface area contributed by atoms with Gasteiger partial charge in [-0.05, 0) is 30.9 Å². The molecule has 0 bridgehead atoms. The first-order valence-electron chi connectivity index (χ1n) is 5.38. The van der Waals surface area contributed by atoms with Gasteiger partial charge in [0.25, 0.3) is 5.91 Å². The van der Waals surface area contributed by atoms with Gasteiger partial charge in [-0.1, -0.05) is 18.5 Å². The van der Waals surface area contributed by atoms with E-state index in [0.717, 1.165) is 25.9 Å². The lowest BCUT2D eigenvalue weighted by Gasteiger charge is -2.30. The van der Waals surface area contributed by atoms with Gasteiger partial charge < -0.3 is 16.4 Å². The summed E-state index contributed by atoms with van der Waals surface area (Å²) < 4.78 is 0. The van der Waals surface area contributed by atoms with Gasteiger partial charge in [-0.15, -0.1) is 0 Å². The van der Waals surface area contributed by atoms with Gasteiger partial charge >= 0.3 is 0 Å². The third-order valence-corrected chi connectivity index (χ3v) is 2.87. The lowest BCUT2D eigenvalue weighted by Crippen LogP contribution is -2.40. The number of carbonyl (C=O) groups is 1. The zero-order valence-electron chi connectivity index (χ0n) is 9.45. The fourth-order valence-corrected chi connectivity index (χ4v) is 1.70. The topological polar surface area (TPSA) is 72.3 Å². The van der Waals surface area contributed by atoms with Crippen LogP contribution in [0.5, 0.6) is 0 Å². The van der Waals surface area contributed by atoms with Crippen molar-refractivity contribution in [3.8, 4) is 0 Å². The lowest BCUT2D eigenvalue weighted by atomic mass is 9.99. The van der Waals surface area contributed by atoms with E-state index in [9.17, 15) is 4.79 Å². The zero-order valence-corrected chi connectivity index (χ0v) is 10.2. The summed E-state index contributed by atoms with van der Waals surface area (Å²) in [6, 6.07) is 0. The van der Waals surface area contributed by atoms with Crippen LogP contribution in [0.2, 0.25) is 0 Å². The molecule has 4 N–H and O–H groups in total. The number of hydrogen-bond donors (Lipinski definition) is 2. The van der Waals surface area contributed by atoms with Gasteiger partial charge in [-0.25, -0.2) is 0 Å².